The summed E-state index contributed by atoms with van der Waals surface area (Å²) in [6, 6.07) is 11.2. The van der Waals surface area contributed by atoms with E-state index in [1.807, 2.05) is 18.2 Å². The second-order valence-corrected chi connectivity index (χ2v) is 7.17. The highest BCUT2D eigenvalue weighted by molar-refractivity contribution is 6.14. The van der Waals surface area contributed by atoms with E-state index in [1.54, 1.807) is 12.1 Å². The van der Waals surface area contributed by atoms with E-state index in [0.29, 0.717) is 5.56 Å². The minimum Gasteiger partial charge on any atom is -0.500 e. The summed E-state index contributed by atoms with van der Waals surface area (Å²) in [5.41, 5.74) is 0.733. The first-order chi connectivity index (χ1) is 13.1. The molecule has 2 aromatic rings. The van der Waals surface area contributed by atoms with Gasteiger partial charge in [-0.15, -0.1) is 0 Å². The number of rotatable bonds is 5. The molecule has 0 saturated heterocycles. The number of aromatic hydroxyl groups is 1. The Hall–Kier alpha value is -3.66. The third-order valence-electron chi connectivity index (χ3n) is 4.18. The molecular weight excluding hydrogens is 360 g/mol. The number of carbonyl (C=O) groups is 1. The predicted octanol–water partition coefficient (Wildman–Crippen LogP) is 4.40. The van der Waals surface area contributed by atoms with Gasteiger partial charge >= 0.3 is 5.69 Å². The second-order valence-electron chi connectivity index (χ2n) is 7.17. The van der Waals surface area contributed by atoms with Crippen LogP contribution in [0.5, 0.6) is 11.5 Å². The molecule has 28 heavy (non-hydrogen) atoms. The minimum absolute atomic E-state index is 0.0724. The van der Waals surface area contributed by atoms with Crippen LogP contribution in [0.25, 0.3) is 6.08 Å². The van der Waals surface area contributed by atoms with Crippen molar-refractivity contribution in [2.75, 3.05) is 7.11 Å². The Morgan fingerprint density at radius 2 is 1.86 bits per heavy atom. The van der Waals surface area contributed by atoms with Crippen LogP contribution in [0.4, 0.5) is 5.69 Å². The zero-order chi connectivity index (χ0) is 21.1. The number of nitrogens with zero attached hydrogens (tertiary/aromatic N) is 2. The van der Waals surface area contributed by atoms with E-state index in [1.165, 1.54) is 19.3 Å². The van der Waals surface area contributed by atoms with Crippen molar-refractivity contribution in [1.29, 1.82) is 5.26 Å². The van der Waals surface area contributed by atoms with E-state index < -0.39 is 22.1 Å². The Bertz CT molecular complexity index is 993. The van der Waals surface area contributed by atoms with Crippen LogP contribution in [0.1, 0.15) is 42.3 Å². The maximum Gasteiger partial charge on any atom is 0.315 e. The Morgan fingerprint density at radius 1 is 1.25 bits per heavy atom. The zero-order valence-corrected chi connectivity index (χ0v) is 16.0. The molecule has 2 rings (SSSR count). The maximum absolute atomic E-state index is 12.7. The number of hydrogen-bond donors (Lipinski definition) is 1. The fourth-order valence-electron chi connectivity index (χ4n) is 2.58. The Morgan fingerprint density at radius 3 is 2.32 bits per heavy atom. The number of ketones is 1. The van der Waals surface area contributed by atoms with Crippen molar-refractivity contribution in [3.05, 3.63) is 68.8 Å². The summed E-state index contributed by atoms with van der Waals surface area (Å²) >= 11 is 0. The molecule has 2 aromatic carbocycles. The number of nitro groups is 1. The predicted molar refractivity (Wildman–Crippen MR) is 104 cm³/mol. The third kappa shape index (κ3) is 4.35. The van der Waals surface area contributed by atoms with Gasteiger partial charge < -0.3 is 9.84 Å². The average molecular weight is 380 g/mol. The van der Waals surface area contributed by atoms with Crippen molar-refractivity contribution in [1.82, 2.24) is 0 Å². The number of hydrogen-bond acceptors (Lipinski definition) is 6. The standard InChI is InChI=1S/C21H20N2O5/c1-21(2,3)16-7-5-14(6-8-16)19(24)15(12-22)9-13-10-17(23(26)27)20(25)18(11-13)28-4/h5-11,25H,1-4H3/b15-9+. The lowest BCUT2D eigenvalue weighted by Gasteiger charge is -2.18. The van der Waals surface area contributed by atoms with Crippen molar-refractivity contribution in [2.45, 2.75) is 26.2 Å². The van der Waals surface area contributed by atoms with Gasteiger partial charge in [0.15, 0.2) is 5.75 Å². The summed E-state index contributed by atoms with van der Waals surface area (Å²) < 4.78 is 4.93. The van der Waals surface area contributed by atoms with E-state index >= 15 is 0 Å². The Kier molecular flexibility index (Phi) is 5.84. The van der Waals surface area contributed by atoms with Crippen LogP contribution in [0.3, 0.4) is 0 Å². The number of phenols is 1. The van der Waals surface area contributed by atoms with E-state index in [-0.39, 0.29) is 22.3 Å². The molecule has 7 heteroatoms. The average Bonchev–Trinajstić information content (AvgIpc) is 2.65. The lowest BCUT2D eigenvalue weighted by molar-refractivity contribution is -0.386. The summed E-state index contributed by atoms with van der Waals surface area (Å²) in [6.45, 7) is 6.15. The van der Waals surface area contributed by atoms with Gasteiger partial charge in [-0.3, -0.25) is 14.9 Å². The summed E-state index contributed by atoms with van der Waals surface area (Å²) in [6.07, 6.45) is 1.23. The molecule has 0 heterocycles. The van der Waals surface area contributed by atoms with Crippen molar-refractivity contribution < 1.29 is 19.6 Å². The van der Waals surface area contributed by atoms with Crippen LogP contribution in [0.2, 0.25) is 0 Å². The first-order valence-corrected chi connectivity index (χ1v) is 8.41. The Labute approximate surface area is 162 Å². The molecule has 0 fully saturated rings. The number of allylic oxidation sites excluding steroid dienone is 1. The molecule has 1 N–H and O–H groups in total. The highest BCUT2D eigenvalue weighted by atomic mass is 16.6. The zero-order valence-electron chi connectivity index (χ0n) is 16.0. The van der Waals surface area contributed by atoms with Gasteiger partial charge in [0.1, 0.15) is 11.6 Å². The lowest BCUT2D eigenvalue weighted by Crippen LogP contribution is -2.11. The molecule has 0 aromatic heterocycles. The fourth-order valence-corrected chi connectivity index (χ4v) is 2.58. The molecule has 0 unspecified atom stereocenters. The van der Waals surface area contributed by atoms with Crippen LogP contribution >= 0.6 is 0 Å². The number of Topliss-reactive ketones (excluding diaryl/α,β-unsaturated/α-hetero) is 1. The van der Waals surface area contributed by atoms with Crippen LogP contribution in [-0.4, -0.2) is 22.9 Å². The summed E-state index contributed by atoms with van der Waals surface area (Å²) in [7, 11) is 1.25. The molecule has 0 aliphatic carbocycles. The monoisotopic (exact) mass is 380 g/mol. The second kappa shape index (κ2) is 7.92. The lowest BCUT2D eigenvalue weighted by atomic mass is 9.86. The molecule has 0 aliphatic rings. The van der Waals surface area contributed by atoms with E-state index in [4.69, 9.17) is 4.74 Å². The quantitative estimate of drug-likeness (QED) is 0.270. The molecule has 0 spiro atoms. The number of carbonyl (C=O) groups excluding carboxylic acids is 1. The first-order valence-electron chi connectivity index (χ1n) is 8.41. The molecule has 0 atom stereocenters. The molecule has 0 aliphatic heterocycles. The number of ether oxygens (including phenoxy) is 1. The fraction of sp³-hybridized carbons (Fsp3) is 0.238. The van der Waals surface area contributed by atoms with Crippen molar-refractivity contribution in [2.24, 2.45) is 0 Å². The summed E-state index contributed by atoms with van der Waals surface area (Å²) in [4.78, 5) is 23.0. The molecular formula is C21H20N2O5. The molecule has 144 valence electrons. The van der Waals surface area contributed by atoms with E-state index in [0.717, 1.165) is 11.6 Å². The van der Waals surface area contributed by atoms with Crippen LogP contribution < -0.4 is 4.74 Å². The van der Waals surface area contributed by atoms with Gasteiger partial charge in [-0.2, -0.15) is 5.26 Å². The van der Waals surface area contributed by atoms with Gasteiger partial charge in [0.25, 0.3) is 0 Å². The SMILES string of the molecule is COc1cc(/C=C(\C#N)C(=O)c2ccc(C(C)(C)C)cc2)cc([N+](=O)[O-])c1O. The number of benzene rings is 2. The summed E-state index contributed by atoms with van der Waals surface area (Å²) in [5, 5.41) is 30.3. The summed E-state index contributed by atoms with van der Waals surface area (Å²) in [5.74, 6) is -1.25. The van der Waals surface area contributed by atoms with Gasteiger partial charge in [0, 0.05) is 11.6 Å². The van der Waals surface area contributed by atoms with Gasteiger partial charge in [-0.1, -0.05) is 45.0 Å². The molecule has 7 nitrogen and oxygen atoms in total. The van der Waals surface area contributed by atoms with Gasteiger partial charge in [0.05, 0.1) is 12.0 Å². The normalized spacial score (nSPS) is 11.6. The smallest absolute Gasteiger partial charge is 0.315 e. The minimum atomic E-state index is -0.770. The Balaban J connectivity index is 2.46. The van der Waals surface area contributed by atoms with Crippen molar-refractivity contribution >= 4 is 17.5 Å². The van der Waals surface area contributed by atoms with E-state index in [9.17, 15) is 25.3 Å². The number of nitro benzene ring substituents is 1. The van der Waals surface area contributed by atoms with Crippen molar-refractivity contribution in [3.63, 3.8) is 0 Å². The van der Waals surface area contributed by atoms with Gasteiger partial charge in [0.2, 0.25) is 11.5 Å². The van der Waals surface area contributed by atoms with Crippen LogP contribution in [0.15, 0.2) is 42.0 Å². The van der Waals surface area contributed by atoms with E-state index in [2.05, 4.69) is 20.8 Å². The molecule has 0 saturated carbocycles. The third-order valence-corrected chi connectivity index (χ3v) is 4.18. The highest BCUT2D eigenvalue weighted by Gasteiger charge is 2.21. The maximum atomic E-state index is 12.7. The van der Waals surface area contributed by atoms with Gasteiger partial charge in [-0.25, -0.2) is 0 Å². The first kappa shape index (κ1) is 20.6. The van der Waals surface area contributed by atoms with Gasteiger partial charge in [-0.05, 0) is 28.7 Å². The largest absolute Gasteiger partial charge is 0.500 e. The van der Waals surface area contributed by atoms with Crippen molar-refractivity contribution in [3.8, 4) is 17.6 Å². The number of nitriles is 1. The molecule has 0 amide bonds. The highest BCUT2D eigenvalue weighted by Crippen LogP contribution is 2.37. The number of methoxy groups -OCH3 is 1. The van der Waals surface area contributed by atoms with Crippen LogP contribution in [0, 0.1) is 21.4 Å². The molecule has 0 bridgehead atoms. The topological polar surface area (TPSA) is 113 Å². The number of phenolic OH excluding ortho intramolecular Hbond substituents is 1. The molecule has 0 radical (unpaired) electrons. The van der Waals surface area contributed by atoms with Crippen LogP contribution in [-0.2, 0) is 5.41 Å².